The van der Waals surface area contributed by atoms with E-state index < -0.39 is 5.97 Å². The second kappa shape index (κ2) is 6.15. The van der Waals surface area contributed by atoms with Crippen molar-refractivity contribution >= 4 is 17.6 Å². The summed E-state index contributed by atoms with van der Waals surface area (Å²) in [6.07, 6.45) is 4.53. The van der Waals surface area contributed by atoms with Gasteiger partial charge in [-0.1, -0.05) is 12.8 Å². The van der Waals surface area contributed by atoms with Crippen LogP contribution in [-0.2, 0) is 4.74 Å². The maximum Gasteiger partial charge on any atom is 0.345 e. The van der Waals surface area contributed by atoms with Crippen molar-refractivity contribution in [1.29, 1.82) is 0 Å². The zero-order valence-electron chi connectivity index (χ0n) is 12.6. The first kappa shape index (κ1) is 14.7. The summed E-state index contributed by atoms with van der Waals surface area (Å²) in [7, 11) is 1.38. The van der Waals surface area contributed by atoms with Crippen LogP contribution in [0.4, 0.5) is 11.6 Å². The quantitative estimate of drug-likeness (QED) is 0.837. The van der Waals surface area contributed by atoms with Crippen molar-refractivity contribution in [3.63, 3.8) is 0 Å². The third-order valence-electron chi connectivity index (χ3n) is 4.05. The molecule has 1 saturated carbocycles. The zero-order chi connectivity index (χ0) is 14.7. The standard InChI is InChI=1S/C14H24N4O2/c1-4-17(5-2)13-11(14(19)20-3)12(15)18(16-13)10-8-6-7-9-10/h10H,4-9,15H2,1-3H3. The molecule has 0 saturated heterocycles. The molecule has 0 spiro atoms. The highest BCUT2D eigenvalue weighted by atomic mass is 16.5. The van der Waals surface area contributed by atoms with Crippen molar-refractivity contribution in [3.05, 3.63) is 5.56 Å². The Morgan fingerprint density at radius 1 is 1.40 bits per heavy atom. The van der Waals surface area contributed by atoms with Gasteiger partial charge in [-0.2, -0.15) is 5.10 Å². The fourth-order valence-corrected chi connectivity index (χ4v) is 2.90. The summed E-state index contributed by atoms with van der Waals surface area (Å²) in [5.41, 5.74) is 6.59. The van der Waals surface area contributed by atoms with Crippen LogP contribution < -0.4 is 10.6 Å². The molecule has 1 aromatic heterocycles. The Morgan fingerprint density at radius 2 is 2.00 bits per heavy atom. The summed E-state index contributed by atoms with van der Waals surface area (Å²) in [6.45, 7) is 5.63. The summed E-state index contributed by atoms with van der Waals surface area (Å²) in [5, 5.41) is 4.62. The van der Waals surface area contributed by atoms with Gasteiger partial charge < -0.3 is 15.4 Å². The minimum absolute atomic E-state index is 0.308. The van der Waals surface area contributed by atoms with Gasteiger partial charge in [0.1, 0.15) is 11.4 Å². The van der Waals surface area contributed by atoms with Crippen LogP contribution in [0.2, 0.25) is 0 Å². The van der Waals surface area contributed by atoms with E-state index in [1.54, 1.807) is 0 Å². The number of aromatic nitrogens is 2. The van der Waals surface area contributed by atoms with Crippen LogP contribution in [0.5, 0.6) is 0 Å². The molecule has 20 heavy (non-hydrogen) atoms. The first-order valence-electron chi connectivity index (χ1n) is 7.35. The second-order valence-corrected chi connectivity index (χ2v) is 5.13. The Bertz CT molecular complexity index is 474. The number of nitrogens with zero attached hydrogens (tertiary/aromatic N) is 3. The van der Waals surface area contributed by atoms with Gasteiger partial charge in [0.15, 0.2) is 5.82 Å². The largest absolute Gasteiger partial charge is 0.465 e. The first-order valence-corrected chi connectivity index (χ1v) is 7.35. The molecule has 1 aliphatic carbocycles. The highest BCUT2D eigenvalue weighted by molar-refractivity contribution is 5.99. The summed E-state index contributed by atoms with van der Waals surface area (Å²) in [5.74, 6) is 0.672. The van der Waals surface area contributed by atoms with E-state index in [2.05, 4.69) is 5.10 Å². The Labute approximate surface area is 119 Å². The number of anilines is 2. The van der Waals surface area contributed by atoms with Crippen LogP contribution in [0.25, 0.3) is 0 Å². The van der Waals surface area contributed by atoms with Gasteiger partial charge in [0.25, 0.3) is 0 Å². The number of esters is 1. The van der Waals surface area contributed by atoms with Gasteiger partial charge in [0.05, 0.1) is 13.2 Å². The number of carbonyl (C=O) groups is 1. The van der Waals surface area contributed by atoms with Crippen molar-refractivity contribution in [1.82, 2.24) is 9.78 Å². The van der Waals surface area contributed by atoms with Crippen molar-refractivity contribution in [2.75, 3.05) is 30.8 Å². The lowest BCUT2D eigenvalue weighted by molar-refractivity contribution is 0.0602. The molecule has 2 N–H and O–H groups in total. The lowest BCUT2D eigenvalue weighted by Crippen LogP contribution is -2.24. The fraction of sp³-hybridized carbons (Fsp3) is 0.714. The van der Waals surface area contributed by atoms with E-state index in [1.165, 1.54) is 20.0 Å². The molecule has 112 valence electrons. The summed E-state index contributed by atoms with van der Waals surface area (Å²) < 4.78 is 6.70. The fourth-order valence-electron chi connectivity index (χ4n) is 2.90. The third-order valence-corrected chi connectivity index (χ3v) is 4.05. The van der Waals surface area contributed by atoms with Crippen molar-refractivity contribution in [2.45, 2.75) is 45.6 Å². The SMILES string of the molecule is CCN(CC)c1nn(C2CCCC2)c(N)c1C(=O)OC. The van der Waals surface area contributed by atoms with Crippen molar-refractivity contribution in [2.24, 2.45) is 0 Å². The lowest BCUT2D eigenvalue weighted by Gasteiger charge is -2.18. The van der Waals surface area contributed by atoms with Gasteiger partial charge >= 0.3 is 5.97 Å². The number of ether oxygens (including phenoxy) is 1. The molecule has 0 atom stereocenters. The Kier molecular flexibility index (Phi) is 4.52. The molecule has 0 bridgehead atoms. The van der Waals surface area contributed by atoms with Crippen molar-refractivity contribution in [3.8, 4) is 0 Å². The Hall–Kier alpha value is -1.72. The Morgan fingerprint density at radius 3 is 2.50 bits per heavy atom. The van der Waals surface area contributed by atoms with Gasteiger partial charge in [-0.15, -0.1) is 0 Å². The van der Waals surface area contributed by atoms with Crippen LogP contribution in [0, 0.1) is 0 Å². The lowest BCUT2D eigenvalue weighted by atomic mass is 10.2. The molecule has 0 amide bonds. The number of nitrogen functional groups attached to an aromatic ring is 1. The molecule has 1 aromatic rings. The van der Waals surface area contributed by atoms with E-state index in [1.807, 2.05) is 23.4 Å². The summed E-state index contributed by atoms with van der Waals surface area (Å²) in [4.78, 5) is 14.1. The summed E-state index contributed by atoms with van der Waals surface area (Å²) in [6, 6.07) is 0.308. The van der Waals surface area contributed by atoms with Gasteiger partial charge in [-0.3, -0.25) is 0 Å². The van der Waals surface area contributed by atoms with Crippen LogP contribution in [0.15, 0.2) is 0 Å². The molecule has 6 heteroatoms. The Balaban J connectivity index is 2.47. The van der Waals surface area contributed by atoms with Gasteiger partial charge in [-0.25, -0.2) is 9.48 Å². The van der Waals surface area contributed by atoms with E-state index >= 15 is 0 Å². The van der Waals surface area contributed by atoms with Crippen molar-refractivity contribution < 1.29 is 9.53 Å². The number of rotatable bonds is 5. The molecule has 1 heterocycles. The van der Waals surface area contributed by atoms with Gasteiger partial charge in [0.2, 0.25) is 0 Å². The van der Waals surface area contributed by atoms with Crippen LogP contribution in [0.1, 0.15) is 55.9 Å². The van der Waals surface area contributed by atoms with E-state index in [-0.39, 0.29) is 0 Å². The molecular formula is C14H24N4O2. The van der Waals surface area contributed by atoms with E-state index in [0.717, 1.165) is 25.9 Å². The van der Waals surface area contributed by atoms with Crippen LogP contribution in [0.3, 0.4) is 0 Å². The predicted molar refractivity (Wildman–Crippen MR) is 79.0 cm³/mol. The molecule has 6 nitrogen and oxygen atoms in total. The average Bonchev–Trinajstić information content (AvgIpc) is 3.07. The molecule has 0 unspecified atom stereocenters. The molecular weight excluding hydrogens is 256 g/mol. The maximum atomic E-state index is 12.0. The zero-order valence-corrected chi connectivity index (χ0v) is 12.6. The van der Waals surface area contributed by atoms with Crippen LogP contribution >= 0.6 is 0 Å². The first-order chi connectivity index (χ1) is 9.63. The van der Waals surface area contributed by atoms with E-state index in [0.29, 0.717) is 23.2 Å². The number of hydrogen-bond acceptors (Lipinski definition) is 5. The average molecular weight is 280 g/mol. The predicted octanol–water partition coefficient (Wildman–Crippen LogP) is 2.21. The van der Waals surface area contributed by atoms with E-state index in [9.17, 15) is 4.79 Å². The van der Waals surface area contributed by atoms with Gasteiger partial charge in [0, 0.05) is 13.1 Å². The molecule has 1 fully saturated rings. The number of hydrogen-bond donors (Lipinski definition) is 1. The third kappa shape index (κ3) is 2.46. The molecule has 2 rings (SSSR count). The molecule has 1 aliphatic rings. The maximum absolute atomic E-state index is 12.0. The van der Waals surface area contributed by atoms with E-state index in [4.69, 9.17) is 10.5 Å². The minimum atomic E-state index is -0.409. The topological polar surface area (TPSA) is 73.4 Å². The monoisotopic (exact) mass is 280 g/mol. The van der Waals surface area contributed by atoms with Crippen LogP contribution in [-0.4, -0.2) is 35.9 Å². The molecule has 0 aliphatic heterocycles. The normalized spacial score (nSPS) is 15.6. The highest BCUT2D eigenvalue weighted by Gasteiger charge is 2.29. The van der Waals surface area contributed by atoms with Gasteiger partial charge in [-0.05, 0) is 26.7 Å². The number of carbonyl (C=O) groups excluding carboxylic acids is 1. The molecule has 0 aromatic carbocycles. The molecule has 0 radical (unpaired) electrons. The minimum Gasteiger partial charge on any atom is -0.465 e. The second-order valence-electron chi connectivity index (χ2n) is 5.13. The summed E-state index contributed by atoms with van der Waals surface area (Å²) >= 11 is 0. The number of nitrogens with two attached hydrogens (primary N) is 1. The number of methoxy groups -OCH3 is 1. The highest BCUT2D eigenvalue weighted by Crippen LogP contribution is 2.35. The smallest absolute Gasteiger partial charge is 0.345 e.